The van der Waals surface area contributed by atoms with Crippen molar-refractivity contribution in [1.29, 1.82) is 0 Å². The Morgan fingerprint density at radius 1 is 1.12 bits per heavy atom. The SMILES string of the molecule is CC(C)(NCCCCc1ccccc1)C1CC1. The van der Waals surface area contributed by atoms with Gasteiger partial charge in [0.15, 0.2) is 0 Å². The van der Waals surface area contributed by atoms with E-state index in [1.165, 1.54) is 37.7 Å². The number of benzene rings is 1. The van der Waals surface area contributed by atoms with Crippen molar-refractivity contribution in [2.45, 2.75) is 51.5 Å². The zero-order chi connectivity index (χ0) is 12.1. The lowest BCUT2D eigenvalue weighted by Gasteiger charge is -2.26. The molecule has 94 valence electrons. The lowest BCUT2D eigenvalue weighted by Crippen LogP contribution is -2.41. The van der Waals surface area contributed by atoms with E-state index in [0.717, 1.165) is 12.5 Å². The Balaban J connectivity index is 1.57. The van der Waals surface area contributed by atoms with Crippen LogP contribution >= 0.6 is 0 Å². The molecule has 0 spiro atoms. The minimum atomic E-state index is 0.368. The van der Waals surface area contributed by atoms with Gasteiger partial charge < -0.3 is 5.32 Å². The fourth-order valence-electron chi connectivity index (χ4n) is 2.46. The maximum atomic E-state index is 3.71. The van der Waals surface area contributed by atoms with E-state index in [0.29, 0.717) is 5.54 Å². The molecular formula is C16H25N. The molecule has 1 aromatic carbocycles. The highest BCUT2D eigenvalue weighted by molar-refractivity contribution is 5.14. The molecule has 0 aromatic heterocycles. The van der Waals surface area contributed by atoms with Crippen molar-refractivity contribution < 1.29 is 0 Å². The van der Waals surface area contributed by atoms with Crippen molar-refractivity contribution in [2.75, 3.05) is 6.54 Å². The normalized spacial score (nSPS) is 16.1. The Labute approximate surface area is 106 Å². The summed E-state index contributed by atoms with van der Waals surface area (Å²) in [6.07, 6.45) is 6.63. The average Bonchev–Trinajstić information content (AvgIpc) is 3.14. The molecule has 1 heteroatoms. The molecule has 0 saturated heterocycles. The molecule has 0 bridgehead atoms. The molecule has 0 amide bonds. The van der Waals surface area contributed by atoms with Crippen LogP contribution in [-0.2, 0) is 6.42 Å². The van der Waals surface area contributed by atoms with Crippen molar-refractivity contribution >= 4 is 0 Å². The average molecular weight is 231 g/mol. The smallest absolute Gasteiger partial charge is 0.0153 e. The van der Waals surface area contributed by atoms with Gasteiger partial charge in [-0.2, -0.15) is 0 Å². The number of rotatable bonds is 7. The van der Waals surface area contributed by atoms with Gasteiger partial charge >= 0.3 is 0 Å². The third-order valence-corrected chi connectivity index (χ3v) is 3.91. The maximum Gasteiger partial charge on any atom is 0.0153 e. The van der Waals surface area contributed by atoms with Crippen LogP contribution in [0, 0.1) is 5.92 Å². The lowest BCUT2D eigenvalue weighted by atomic mass is 9.98. The Bertz CT molecular complexity index is 325. The number of unbranched alkanes of at least 4 members (excludes halogenated alkanes) is 1. The molecule has 0 heterocycles. The summed E-state index contributed by atoms with van der Waals surface area (Å²) in [5.41, 5.74) is 1.83. The third-order valence-electron chi connectivity index (χ3n) is 3.91. The number of aryl methyl sites for hydroxylation is 1. The van der Waals surface area contributed by atoms with E-state index in [1.54, 1.807) is 0 Å². The predicted molar refractivity (Wildman–Crippen MR) is 74.2 cm³/mol. The monoisotopic (exact) mass is 231 g/mol. The highest BCUT2D eigenvalue weighted by Gasteiger charge is 2.36. The van der Waals surface area contributed by atoms with Crippen LogP contribution in [0.4, 0.5) is 0 Å². The molecule has 1 N–H and O–H groups in total. The second-order valence-corrected chi connectivity index (χ2v) is 5.87. The molecule has 2 rings (SSSR count). The Morgan fingerprint density at radius 3 is 2.47 bits per heavy atom. The van der Waals surface area contributed by atoms with Gasteiger partial charge in [-0.15, -0.1) is 0 Å². The summed E-state index contributed by atoms with van der Waals surface area (Å²) < 4.78 is 0. The van der Waals surface area contributed by atoms with E-state index in [1.807, 2.05) is 0 Å². The first kappa shape index (κ1) is 12.6. The zero-order valence-corrected chi connectivity index (χ0v) is 11.2. The number of nitrogens with one attached hydrogen (secondary N) is 1. The summed E-state index contributed by atoms with van der Waals surface area (Å²) in [5.74, 6) is 0.927. The first-order chi connectivity index (χ1) is 8.18. The second kappa shape index (κ2) is 5.68. The molecule has 0 aliphatic heterocycles. The first-order valence-corrected chi connectivity index (χ1v) is 6.97. The van der Waals surface area contributed by atoms with Crippen LogP contribution in [0.2, 0.25) is 0 Å². The Hall–Kier alpha value is -0.820. The van der Waals surface area contributed by atoms with Crippen molar-refractivity contribution in [2.24, 2.45) is 5.92 Å². The summed E-state index contributed by atoms with van der Waals surface area (Å²) in [6, 6.07) is 10.8. The van der Waals surface area contributed by atoms with E-state index in [2.05, 4.69) is 49.5 Å². The van der Waals surface area contributed by atoms with Gasteiger partial charge in [-0.05, 0) is 64.0 Å². The topological polar surface area (TPSA) is 12.0 Å². The number of hydrogen-bond acceptors (Lipinski definition) is 1. The Kier molecular flexibility index (Phi) is 4.22. The maximum absolute atomic E-state index is 3.71. The third kappa shape index (κ3) is 4.16. The van der Waals surface area contributed by atoms with Crippen molar-refractivity contribution in [1.82, 2.24) is 5.32 Å². The molecule has 1 nitrogen and oxygen atoms in total. The van der Waals surface area contributed by atoms with Crippen LogP contribution in [0.3, 0.4) is 0 Å². The molecule has 0 radical (unpaired) electrons. The van der Waals surface area contributed by atoms with Crippen LogP contribution in [0.25, 0.3) is 0 Å². The van der Waals surface area contributed by atoms with Gasteiger partial charge in [0, 0.05) is 5.54 Å². The van der Waals surface area contributed by atoms with Gasteiger partial charge in [0.1, 0.15) is 0 Å². The van der Waals surface area contributed by atoms with Gasteiger partial charge in [0.05, 0.1) is 0 Å². The van der Waals surface area contributed by atoms with E-state index in [4.69, 9.17) is 0 Å². The fourth-order valence-corrected chi connectivity index (χ4v) is 2.46. The van der Waals surface area contributed by atoms with Crippen LogP contribution < -0.4 is 5.32 Å². The summed E-state index contributed by atoms with van der Waals surface area (Å²) in [7, 11) is 0. The van der Waals surface area contributed by atoms with Crippen LogP contribution in [0.5, 0.6) is 0 Å². The second-order valence-electron chi connectivity index (χ2n) is 5.87. The van der Waals surface area contributed by atoms with Crippen molar-refractivity contribution in [3.63, 3.8) is 0 Å². The zero-order valence-electron chi connectivity index (χ0n) is 11.2. The largest absolute Gasteiger partial charge is 0.312 e. The highest BCUT2D eigenvalue weighted by Crippen LogP contribution is 2.39. The summed E-state index contributed by atoms with van der Waals surface area (Å²) >= 11 is 0. The molecule has 1 fully saturated rings. The Morgan fingerprint density at radius 2 is 1.82 bits per heavy atom. The highest BCUT2D eigenvalue weighted by atomic mass is 15.0. The summed E-state index contributed by atoms with van der Waals surface area (Å²) in [6.45, 7) is 5.86. The van der Waals surface area contributed by atoms with Gasteiger partial charge in [-0.25, -0.2) is 0 Å². The van der Waals surface area contributed by atoms with E-state index in [9.17, 15) is 0 Å². The van der Waals surface area contributed by atoms with Crippen molar-refractivity contribution in [3.8, 4) is 0 Å². The van der Waals surface area contributed by atoms with Crippen molar-refractivity contribution in [3.05, 3.63) is 35.9 Å². The fraction of sp³-hybridized carbons (Fsp3) is 0.625. The van der Waals surface area contributed by atoms with Gasteiger partial charge in [-0.1, -0.05) is 30.3 Å². The number of hydrogen-bond donors (Lipinski definition) is 1. The quantitative estimate of drug-likeness (QED) is 0.704. The van der Waals surface area contributed by atoms with Crippen LogP contribution in [0.1, 0.15) is 45.1 Å². The molecule has 0 atom stereocenters. The standard InChI is InChI=1S/C16H25N/c1-16(2,15-11-12-15)17-13-7-6-10-14-8-4-3-5-9-14/h3-5,8-9,15,17H,6-7,10-13H2,1-2H3. The minimum absolute atomic E-state index is 0.368. The van der Waals surface area contributed by atoms with E-state index < -0.39 is 0 Å². The van der Waals surface area contributed by atoms with E-state index >= 15 is 0 Å². The molecular weight excluding hydrogens is 206 g/mol. The predicted octanol–water partition coefficient (Wildman–Crippen LogP) is 3.79. The van der Waals surface area contributed by atoms with E-state index in [-0.39, 0.29) is 0 Å². The van der Waals surface area contributed by atoms with Crippen LogP contribution in [0.15, 0.2) is 30.3 Å². The molecule has 1 aliphatic rings. The minimum Gasteiger partial charge on any atom is -0.312 e. The molecule has 17 heavy (non-hydrogen) atoms. The molecule has 1 aromatic rings. The molecule has 1 aliphatic carbocycles. The molecule has 0 unspecified atom stereocenters. The van der Waals surface area contributed by atoms with Gasteiger partial charge in [0.25, 0.3) is 0 Å². The first-order valence-electron chi connectivity index (χ1n) is 6.97. The summed E-state index contributed by atoms with van der Waals surface area (Å²) in [4.78, 5) is 0. The molecule has 1 saturated carbocycles. The van der Waals surface area contributed by atoms with Crippen LogP contribution in [-0.4, -0.2) is 12.1 Å². The van der Waals surface area contributed by atoms with Gasteiger partial charge in [0.2, 0.25) is 0 Å². The van der Waals surface area contributed by atoms with Gasteiger partial charge in [-0.3, -0.25) is 0 Å². The summed E-state index contributed by atoms with van der Waals surface area (Å²) in [5, 5.41) is 3.71. The lowest BCUT2D eigenvalue weighted by molar-refractivity contribution is 0.339.